The second kappa shape index (κ2) is 3.44. The Bertz CT molecular complexity index is 99.8. The fourth-order valence-electron chi connectivity index (χ4n) is 1.68. The molecule has 0 aromatic rings. The van der Waals surface area contributed by atoms with E-state index < -0.39 is 0 Å². The summed E-state index contributed by atoms with van der Waals surface area (Å²) in [6.07, 6.45) is 1.10. The van der Waals surface area contributed by atoms with E-state index in [-0.39, 0.29) is 7.92 Å². The Hall–Kier alpha value is 0.430. The summed E-state index contributed by atoms with van der Waals surface area (Å²) < 4.78 is 0. The molecule has 0 aromatic carbocycles. The zero-order chi connectivity index (χ0) is 9.28. The van der Waals surface area contributed by atoms with Crippen LogP contribution < -0.4 is 0 Å². The quantitative estimate of drug-likeness (QED) is 0.527. The highest BCUT2D eigenvalue weighted by atomic mass is 31.1. The van der Waals surface area contributed by atoms with Crippen molar-refractivity contribution in [3.05, 3.63) is 6.92 Å². The van der Waals surface area contributed by atoms with Crippen molar-refractivity contribution < 1.29 is 0 Å². The Labute approximate surface area is 73.5 Å². The molecule has 67 valence electrons. The highest BCUT2D eigenvalue weighted by Crippen LogP contribution is 2.58. The van der Waals surface area contributed by atoms with E-state index in [0.717, 1.165) is 6.16 Å². The van der Waals surface area contributed by atoms with Crippen molar-refractivity contribution in [3.63, 3.8) is 0 Å². The van der Waals surface area contributed by atoms with Crippen LogP contribution in [0.15, 0.2) is 0 Å². The van der Waals surface area contributed by atoms with E-state index >= 15 is 0 Å². The van der Waals surface area contributed by atoms with Gasteiger partial charge in [-0.1, -0.05) is 49.5 Å². The summed E-state index contributed by atoms with van der Waals surface area (Å²) in [6.45, 7) is 18.0. The first kappa shape index (κ1) is 11.4. The van der Waals surface area contributed by atoms with Gasteiger partial charge in [-0.15, -0.1) is 0 Å². The van der Waals surface area contributed by atoms with E-state index in [9.17, 15) is 0 Å². The molecule has 0 unspecified atom stereocenters. The van der Waals surface area contributed by atoms with Crippen molar-refractivity contribution in [2.24, 2.45) is 0 Å². The van der Waals surface area contributed by atoms with Gasteiger partial charge in [-0.2, -0.15) is 0 Å². The Kier molecular flexibility index (Phi) is 3.57. The molecule has 0 atom stereocenters. The molecule has 0 bridgehead atoms. The van der Waals surface area contributed by atoms with Gasteiger partial charge in [-0.25, -0.2) is 0 Å². The lowest BCUT2D eigenvalue weighted by atomic mass is 10.2. The van der Waals surface area contributed by atoms with Gasteiger partial charge in [0.05, 0.1) is 0 Å². The van der Waals surface area contributed by atoms with Crippen LogP contribution in [0, 0.1) is 6.92 Å². The molecule has 1 heteroatoms. The van der Waals surface area contributed by atoms with Crippen LogP contribution in [0.5, 0.6) is 0 Å². The van der Waals surface area contributed by atoms with Gasteiger partial charge in [0.15, 0.2) is 0 Å². The summed E-state index contributed by atoms with van der Waals surface area (Å²) >= 11 is 0. The SMILES string of the molecule is [CH2]CP(C(C)(C)C)C(C)(C)C. The molecule has 0 saturated heterocycles. The van der Waals surface area contributed by atoms with Crippen LogP contribution in [-0.2, 0) is 0 Å². The average Bonchev–Trinajstić information content (AvgIpc) is 1.56. The Morgan fingerprint density at radius 3 is 1.18 bits per heavy atom. The van der Waals surface area contributed by atoms with Crippen LogP contribution in [0.1, 0.15) is 41.5 Å². The van der Waals surface area contributed by atoms with Gasteiger partial charge in [0.2, 0.25) is 0 Å². The Morgan fingerprint density at radius 2 is 1.18 bits per heavy atom. The van der Waals surface area contributed by atoms with E-state index in [2.05, 4.69) is 48.5 Å². The third-order valence-electron chi connectivity index (χ3n) is 1.84. The molecule has 0 amide bonds. The van der Waals surface area contributed by atoms with Crippen LogP contribution in [0.25, 0.3) is 0 Å². The summed E-state index contributed by atoms with van der Waals surface area (Å²) in [5.74, 6) is 0. The molecule has 0 rings (SSSR count). The van der Waals surface area contributed by atoms with Crippen LogP contribution in [0.3, 0.4) is 0 Å². The normalized spacial score (nSPS) is 14.2. The molecule has 0 spiro atoms. The van der Waals surface area contributed by atoms with Crippen LogP contribution in [0.2, 0.25) is 0 Å². The largest absolute Gasteiger partial charge is 0.0956 e. The molecule has 0 fully saturated rings. The molecule has 1 radical (unpaired) electrons. The lowest BCUT2D eigenvalue weighted by Crippen LogP contribution is -2.25. The van der Waals surface area contributed by atoms with Gasteiger partial charge in [-0.3, -0.25) is 0 Å². The van der Waals surface area contributed by atoms with Gasteiger partial charge in [-0.05, 0) is 23.4 Å². The fraction of sp³-hybridized carbons (Fsp3) is 0.900. The first-order valence-electron chi connectivity index (χ1n) is 4.26. The van der Waals surface area contributed by atoms with Gasteiger partial charge < -0.3 is 0 Å². The van der Waals surface area contributed by atoms with Gasteiger partial charge >= 0.3 is 0 Å². The third-order valence-corrected chi connectivity index (χ3v) is 5.53. The van der Waals surface area contributed by atoms with Gasteiger partial charge in [0.1, 0.15) is 0 Å². The first-order valence-corrected chi connectivity index (χ1v) is 5.79. The maximum Gasteiger partial charge on any atom is -0.0175 e. The van der Waals surface area contributed by atoms with E-state index in [1.807, 2.05) is 0 Å². The zero-order valence-corrected chi connectivity index (χ0v) is 9.76. The van der Waals surface area contributed by atoms with Crippen LogP contribution in [-0.4, -0.2) is 16.5 Å². The predicted octanol–water partition coefficient (Wildman–Crippen LogP) is 3.90. The maximum atomic E-state index is 4.05. The predicted molar refractivity (Wildman–Crippen MR) is 56.7 cm³/mol. The Balaban J connectivity index is 4.43. The molecule has 0 aliphatic carbocycles. The number of hydrogen-bond acceptors (Lipinski definition) is 0. The number of rotatable bonds is 1. The molecule has 0 nitrogen and oxygen atoms in total. The molecular formula is C10H22P. The lowest BCUT2D eigenvalue weighted by molar-refractivity contribution is 0.707. The molecule has 0 heterocycles. The van der Waals surface area contributed by atoms with Crippen molar-refractivity contribution in [2.75, 3.05) is 6.16 Å². The van der Waals surface area contributed by atoms with E-state index in [1.165, 1.54) is 0 Å². The third kappa shape index (κ3) is 3.56. The Morgan fingerprint density at radius 1 is 0.909 bits per heavy atom. The molecule has 0 aliphatic heterocycles. The smallest absolute Gasteiger partial charge is 0.0175 e. The van der Waals surface area contributed by atoms with Crippen molar-refractivity contribution >= 4 is 7.92 Å². The number of hydrogen-bond donors (Lipinski definition) is 0. The van der Waals surface area contributed by atoms with Gasteiger partial charge in [0.25, 0.3) is 0 Å². The molecule has 0 aromatic heterocycles. The highest BCUT2D eigenvalue weighted by molar-refractivity contribution is 7.60. The van der Waals surface area contributed by atoms with Crippen LogP contribution >= 0.6 is 7.92 Å². The van der Waals surface area contributed by atoms with E-state index in [0.29, 0.717) is 10.3 Å². The molecule has 0 saturated carbocycles. The van der Waals surface area contributed by atoms with E-state index in [4.69, 9.17) is 0 Å². The molecule has 0 N–H and O–H groups in total. The zero-order valence-electron chi connectivity index (χ0n) is 8.86. The highest BCUT2D eigenvalue weighted by Gasteiger charge is 2.32. The maximum absolute atomic E-state index is 4.05. The van der Waals surface area contributed by atoms with E-state index in [1.54, 1.807) is 0 Å². The van der Waals surface area contributed by atoms with Crippen molar-refractivity contribution in [3.8, 4) is 0 Å². The van der Waals surface area contributed by atoms with Crippen LogP contribution in [0.4, 0.5) is 0 Å². The first-order chi connectivity index (χ1) is 4.69. The van der Waals surface area contributed by atoms with Crippen molar-refractivity contribution in [1.82, 2.24) is 0 Å². The monoisotopic (exact) mass is 173 g/mol. The second-order valence-corrected chi connectivity index (χ2v) is 8.98. The average molecular weight is 173 g/mol. The second-order valence-electron chi connectivity index (χ2n) is 4.99. The summed E-state index contributed by atoms with van der Waals surface area (Å²) in [4.78, 5) is 0. The molecular weight excluding hydrogens is 151 g/mol. The summed E-state index contributed by atoms with van der Waals surface area (Å²) in [5, 5.41) is 0.907. The summed E-state index contributed by atoms with van der Waals surface area (Å²) in [7, 11) is 0.0484. The standard InChI is InChI=1S/C10H22P/c1-8-11(9(2,3)4)10(5,6)7/h1,8H2,2-7H3. The van der Waals surface area contributed by atoms with Gasteiger partial charge in [0, 0.05) is 0 Å². The molecule has 0 aliphatic rings. The topological polar surface area (TPSA) is 0 Å². The minimum absolute atomic E-state index is 0.0484. The minimum atomic E-state index is 0.0484. The lowest BCUT2D eigenvalue weighted by Gasteiger charge is -2.40. The minimum Gasteiger partial charge on any atom is -0.0956 e. The van der Waals surface area contributed by atoms with Crippen molar-refractivity contribution in [1.29, 1.82) is 0 Å². The molecule has 11 heavy (non-hydrogen) atoms. The summed E-state index contributed by atoms with van der Waals surface area (Å²) in [6, 6.07) is 0. The summed E-state index contributed by atoms with van der Waals surface area (Å²) in [5.41, 5.74) is 0. The fourth-order valence-corrected chi connectivity index (χ4v) is 5.03. The van der Waals surface area contributed by atoms with Crippen molar-refractivity contribution in [2.45, 2.75) is 51.9 Å².